The van der Waals surface area contributed by atoms with Crippen LogP contribution in [0.1, 0.15) is 29.9 Å². The molecule has 1 aromatic carbocycles. The van der Waals surface area contributed by atoms with Gasteiger partial charge in [-0.2, -0.15) is 15.0 Å². The molecule has 2 aromatic heterocycles. The van der Waals surface area contributed by atoms with Crippen LogP contribution < -0.4 is 29.6 Å². The second-order valence-corrected chi connectivity index (χ2v) is 8.94. The predicted molar refractivity (Wildman–Crippen MR) is 141 cm³/mol. The van der Waals surface area contributed by atoms with Crippen molar-refractivity contribution in [3.8, 4) is 28.5 Å². The Morgan fingerprint density at radius 3 is 2.34 bits per heavy atom. The van der Waals surface area contributed by atoms with Gasteiger partial charge in [0, 0.05) is 30.6 Å². The zero-order valence-corrected chi connectivity index (χ0v) is 22.7. The molecule has 3 aromatic rings. The minimum atomic E-state index is -1.02. The Hall–Kier alpha value is -4.33. The average molecular weight is 547 g/mol. The summed E-state index contributed by atoms with van der Waals surface area (Å²) in [4.78, 5) is 38.4. The lowest BCUT2D eigenvalue weighted by Gasteiger charge is -2.23. The smallest absolute Gasteiger partial charge is 0.407 e. The van der Waals surface area contributed by atoms with Crippen LogP contribution in [0.15, 0.2) is 23.6 Å². The standard InChI is InChI=1S/C24H30N6O7S/c1-13(2)30(24(32)33)10-9-25-22-28-20(35-5)18(21(29-22)36-6)27-19(31)16-12-38-23(26-16)37-17-11-15(34-4)8-7-14(17)3/h7-8,11-13H,9-10H2,1-6H3,(H,27,31)(H,32,33)(H,25,28,29). The van der Waals surface area contributed by atoms with E-state index in [2.05, 4.69) is 25.6 Å². The van der Waals surface area contributed by atoms with Crippen LogP contribution in [0.4, 0.5) is 16.4 Å². The van der Waals surface area contributed by atoms with Crippen LogP contribution in [0.3, 0.4) is 0 Å². The number of benzene rings is 1. The summed E-state index contributed by atoms with van der Waals surface area (Å²) in [6, 6.07) is 5.23. The van der Waals surface area contributed by atoms with Crippen molar-refractivity contribution >= 4 is 35.0 Å². The third-order valence-corrected chi connectivity index (χ3v) is 6.00. The number of amides is 2. The van der Waals surface area contributed by atoms with E-state index >= 15 is 0 Å². The summed E-state index contributed by atoms with van der Waals surface area (Å²) in [5.74, 6) is 0.884. The second-order valence-electron chi connectivity index (χ2n) is 8.12. The van der Waals surface area contributed by atoms with Gasteiger partial charge >= 0.3 is 6.09 Å². The first kappa shape index (κ1) is 28.2. The number of anilines is 2. The molecule has 0 radical (unpaired) electrons. The summed E-state index contributed by atoms with van der Waals surface area (Å²) in [6.45, 7) is 5.91. The highest BCUT2D eigenvalue weighted by atomic mass is 32.1. The number of nitrogens with one attached hydrogen (secondary N) is 2. The number of rotatable bonds is 12. The Morgan fingerprint density at radius 1 is 1.08 bits per heavy atom. The van der Waals surface area contributed by atoms with Crippen molar-refractivity contribution < 1.29 is 33.6 Å². The molecule has 2 heterocycles. The Bertz CT molecular complexity index is 1260. The summed E-state index contributed by atoms with van der Waals surface area (Å²) in [5, 5.41) is 16.8. The number of nitrogens with zero attached hydrogens (tertiary/aromatic N) is 4. The normalized spacial score (nSPS) is 10.6. The maximum Gasteiger partial charge on any atom is 0.407 e. The molecule has 0 saturated heterocycles. The first-order valence-electron chi connectivity index (χ1n) is 11.5. The van der Waals surface area contributed by atoms with E-state index in [1.807, 2.05) is 19.1 Å². The number of carboxylic acid groups (broad SMARTS) is 1. The molecular weight excluding hydrogens is 516 g/mol. The van der Waals surface area contributed by atoms with Gasteiger partial charge in [-0.1, -0.05) is 17.4 Å². The van der Waals surface area contributed by atoms with Crippen molar-refractivity contribution in [3.63, 3.8) is 0 Å². The fourth-order valence-corrected chi connectivity index (χ4v) is 3.92. The molecule has 0 aliphatic rings. The van der Waals surface area contributed by atoms with Crippen molar-refractivity contribution in [2.75, 3.05) is 45.1 Å². The SMILES string of the molecule is COc1ccc(C)c(Oc2nc(C(=O)Nc3c(OC)nc(NCCN(C(=O)O)C(C)C)nc3OC)cs2)c1. The highest BCUT2D eigenvalue weighted by Gasteiger charge is 2.22. The lowest BCUT2D eigenvalue weighted by molar-refractivity contribution is 0.102. The van der Waals surface area contributed by atoms with Crippen LogP contribution in [0.2, 0.25) is 0 Å². The number of hydrogen-bond donors (Lipinski definition) is 3. The lowest BCUT2D eigenvalue weighted by atomic mass is 10.2. The second kappa shape index (κ2) is 12.8. The number of hydrogen-bond acceptors (Lipinski definition) is 11. The van der Waals surface area contributed by atoms with Gasteiger partial charge in [-0.05, 0) is 32.4 Å². The van der Waals surface area contributed by atoms with Crippen molar-refractivity contribution in [2.45, 2.75) is 26.8 Å². The van der Waals surface area contributed by atoms with E-state index in [1.54, 1.807) is 32.4 Å². The van der Waals surface area contributed by atoms with Gasteiger partial charge in [-0.25, -0.2) is 4.79 Å². The quantitative estimate of drug-likeness (QED) is 0.300. The molecule has 38 heavy (non-hydrogen) atoms. The third-order valence-electron chi connectivity index (χ3n) is 5.28. The first-order chi connectivity index (χ1) is 18.2. The van der Waals surface area contributed by atoms with Crippen molar-refractivity contribution in [1.29, 1.82) is 0 Å². The molecule has 0 aliphatic heterocycles. The monoisotopic (exact) mass is 546 g/mol. The molecule has 0 saturated carbocycles. The Labute approximate surface area is 223 Å². The number of thiazole rings is 1. The fourth-order valence-electron chi connectivity index (χ4n) is 3.26. The Morgan fingerprint density at radius 2 is 1.76 bits per heavy atom. The number of aromatic nitrogens is 3. The molecule has 0 unspecified atom stereocenters. The van der Waals surface area contributed by atoms with E-state index in [1.165, 1.54) is 19.1 Å². The highest BCUT2D eigenvalue weighted by Crippen LogP contribution is 2.34. The fraction of sp³-hybridized carbons (Fsp3) is 0.375. The largest absolute Gasteiger partial charge is 0.497 e. The van der Waals surface area contributed by atoms with Gasteiger partial charge in [0.25, 0.3) is 11.1 Å². The summed E-state index contributed by atoms with van der Waals surface area (Å²) in [5.41, 5.74) is 1.10. The minimum absolute atomic E-state index is 0.0466. The number of carbonyl (C=O) groups is 2. The lowest BCUT2D eigenvalue weighted by Crippen LogP contribution is -2.39. The molecule has 204 valence electrons. The van der Waals surface area contributed by atoms with Crippen LogP contribution >= 0.6 is 11.3 Å². The molecule has 3 rings (SSSR count). The van der Waals surface area contributed by atoms with E-state index in [4.69, 9.17) is 18.9 Å². The van der Waals surface area contributed by atoms with Crippen molar-refractivity contribution in [2.24, 2.45) is 0 Å². The Kier molecular flexibility index (Phi) is 9.49. The topological polar surface area (TPSA) is 157 Å². The number of ether oxygens (including phenoxy) is 4. The van der Waals surface area contributed by atoms with Gasteiger partial charge in [0.2, 0.25) is 17.7 Å². The summed E-state index contributed by atoms with van der Waals surface area (Å²) in [7, 11) is 4.34. The van der Waals surface area contributed by atoms with Gasteiger partial charge in [0.05, 0.1) is 21.3 Å². The summed E-state index contributed by atoms with van der Waals surface area (Å²) in [6.07, 6.45) is -1.02. The van der Waals surface area contributed by atoms with E-state index in [0.29, 0.717) is 11.5 Å². The van der Waals surface area contributed by atoms with Crippen LogP contribution in [-0.4, -0.2) is 77.4 Å². The zero-order chi connectivity index (χ0) is 27.8. The zero-order valence-electron chi connectivity index (χ0n) is 21.9. The Balaban J connectivity index is 1.73. The molecule has 0 aliphatic carbocycles. The highest BCUT2D eigenvalue weighted by molar-refractivity contribution is 7.11. The maximum absolute atomic E-state index is 13.0. The van der Waals surface area contributed by atoms with Crippen LogP contribution in [0.5, 0.6) is 28.5 Å². The predicted octanol–water partition coefficient (Wildman–Crippen LogP) is 4.11. The van der Waals surface area contributed by atoms with Gasteiger partial charge in [0.1, 0.15) is 17.2 Å². The summed E-state index contributed by atoms with van der Waals surface area (Å²) < 4.78 is 21.8. The number of aryl methyl sites for hydroxylation is 1. The molecule has 14 heteroatoms. The average Bonchev–Trinajstić information content (AvgIpc) is 3.36. The van der Waals surface area contributed by atoms with Gasteiger partial charge in [-0.15, -0.1) is 0 Å². The van der Waals surface area contributed by atoms with Crippen LogP contribution in [-0.2, 0) is 0 Å². The molecule has 0 bridgehead atoms. The van der Waals surface area contributed by atoms with E-state index in [-0.39, 0.29) is 53.4 Å². The number of carbonyl (C=O) groups excluding carboxylic acids is 1. The van der Waals surface area contributed by atoms with Gasteiger partial charge in [-0.3, -0.25) is 4.79 Å². The van der Waals surface area contributed by atoms with Crippen molar-refractivity contribution in [3.05, 3.63) is 34.8 Å². The van der Waals surface area contributed by atoms with E-state index in [9.17, 15) is 14.7 Å². The third kappa shape index (κ3) is 6.91. The van der Waals surface area contributed by atoms with E-state index in [0.717, 1.165) is 16.9 Å². The molecular formula is C24H30N6O7S. The maximum atomic E-state index is 13.0. The minimum Gasteiger partial charge on any atom is -0.497 e. The molecule has 2 amide bonds. The van der Waals surface area contributed by atoms with Crippen LogP contribution in [0.25, 0.3) is 0 Å². The van der Waals surface area contributed by atoms with E-state index < -0.39 is 12.0 Å². The van der Waals surface area contributed by atoms with Crippen LogP contribution in [0, 0.1) is 6.92 Å². The van der Waals surface area contributed by atoms with Crippen molar-refractivity contribution in [1.82, 2.24) is 19.9 Å². The molecule has 0 atom stereocenters. The molecule has 13 nitrogen and oxygen atoms in total. The van der Waals surface area contributed by atoms with Gasteiger partial charge in [0.15, 0.2) is 5.69 Å². The summed E-state index contributed by atoms with van der Waals surface area (Å²) >= 11 is 1.16. The molecule has 3 N–H and O–H groups in total. The first-order valence-corrected chi connectivity index (χ1v) is 12.4. The molecule has 0 fully saturated rings. The van der Waals surface area contributed by atoms with Gasteiger partial charge < -0.3 is 39.6 Å². The molecule has 0 spiro atoms. The number of methoxy groups -OCH3 is 3.